The van der Waals surface area contributed by atoms with Gasteiger partial charge in [-0.25, -0.2) is 0 Å². The number of carbonyl (C=O) groups excluding carboxylic acids is 2. The monoisotopic (exact) mass is 352 g/mol. The summed E-state index contributed by atoms with van der Waals surface area (Å²) in [5, 5.41) is 0. The van der Waals surface area contributed by atoms with E-state index in [1.54, 1.807) is 31.4 Å². The second kappa shape index (κ2) is 8.15. The molecule has 0 spiro atoms. The van der Waals surface area contributed by atoms with Crippen molar-refractivity contribution in [3.63, 3.8) is 0 Å². The van der Waals surface area contributed by atoms with E-state index in [1.807, 2.05) is 29.2 Å². The van der Waals surface area contributed by atoms with Crippen molar-refractivity contribution in [1.82, 2.24) is 4.90 Å². The van der Waals surface area contributed by atoms with E-state index in [0.29, 0.717) is 43.6 Å². The summed E-state index contributed by atoms with van der Waals surface area (Å²) < 4.78 is 5.13. The van der Waals surface area contributed by atoms with E-state index in [2.05, 4.69) is 0 Å². The van der Waals surface area contributed by atoms with E-state index in [-0.39, 0.29) is 17.6 Å². The number of benzene rings is 2. The molecule has 2 aromatic rings. The number of hydrogen-bond acceptors (Lipinski definition) is 4. The molecular formula is C21H24N2O3. The Morgan fingerprint density at radius 3 is 2.12 bits per heavy atom. The molecule has 0 bridgehead atoms. The number of ether oxygens (including phenoxy) is 1. The summed E-state index contributed by atoms with van der Waals surface area (Å²) in [7, 11) is 1.60. The van der Waals surface area contributed by atoms with Gasteiger partial charge in [0.15, 0.2) is 5.78 Å². The Bertz CT molecular complexity index is 693. The van der Waals surface area contributed by atoms with Crippen molar-refractivity contribution >= 4 is 11.7 Å². The van der Waals surface area contributed by atoms with Crippen molar-refractivity contribution in [1.29, 1.82) is 0 Å². The van der Waals surface area contributed by atoms with E-state index >= 15 is 0 Å². The SMILES string of the molecule is COc1ccc(C(=O)C2CCN(C(=O)c3ccc(CN)cc3)CC2)cc1. The number of rotatable bonds is 5. The zero-order valence-electron chi connectivity index (χ0n) is 15.0. The summed E-state index contributed by atoms with van der Waals surface area (Å²) in [4.78, 5) is 27.1. The van der Waals surface area contributed by atoms with Crippen LogP contribution in [0.1, 0.15) is 39.1 Å². The highest BCUT2D eigenvalue weighted by atomic mass is 16.5. The fourth-order valence-electron chi connectivity index (χ4n) is 3.30. The number of piperidine rings is 1. The number of nitrogens with zero attached hydrogens (tertiary/aromatic N) is 1. The van der Waals surface area contributed by atoms with Crippen LogP contribution in [0.25, 0.3) is 0 Å². The van der Waals surface area contributed by atoms with Gasteiger partial charge in [0.25, 0.3) is 5.91 Å². The van der Waals surface area contributed by atoms with Gasteiger partial charge < -0.3 is 15.4 Å². The largest absolute Gasteiger partial charge is 0.497 e. The molecule has 1 aliphatic heterocycles. The van der Waals surface area contributed by atoms with Crippen LogP contribution in [0.4, 0.5) is 0 Å². The van der Waals surface area contributed by atoms with Crippen LogP contribution in [0.15, 0.2) is 48.5 Å². The van der Waals surface area contributed by atoms with Crippen LogP contribution in [0.2, 0.25) is 0 Å². The number of carbonyl (C=O) groups is 2. The van der Waals surface area contributed by atoms with Crippen molar-refractivity contribution < 1.29 is 14.3 Å². The van der Waals surface area contributed by atoms with Gasteiger partial charge in [0.2, 0.25) is 0 Å². The summed E-state index contributed by atoms with van der Waals surface area (Å²) in [6.45, 7) is 1.67. The quantitative estimate of drug-likeness (QED) is 0.840. The fraction of sp³-hybridized carbons (Fsp3) is 0.333. The van der Waals surface area contributed by atoms with Crippen LogP contribution in [-0.2, 0) is 6.54 Å². The van der Waals surface area contributed by atoms with Gasteiger partial charge in [-0.15, -0.1) is 0 Å². The molecule has 1 saturated heterocycles. The van der Waals surface area contributed by atoms with Crippen LogP contribution < -0.4 is 10.5 Å². The minimum absolute atomic E-state index is 0.0175. The lowest BCUT2D eigenvalue weighted by Crippen LogP contribution is -2.40. The van der Waals surface area contributed by atoms with Gasteiger partial charge in [0, 0.05) is 36.7 Å². The van der Waals surface area contributed by atoms with Gasteiger partial charge in [-0.1, -0.05) is 12.1 Å². The Morgan fingerprint density at radius 2 is 1.58 bits per heavy atom. The normalized spacial score (nSPS) is 14.9. The van der Waals surface area contributed by atoms with Crippen molar-refractivity contribution in [3.8, 4) is 5.75 Å². The first-order valence-electron chi connectivity index (χ1n) is 8.89. The summed E-state index contributed by atoms with van der Waals surface area (Å²) >= 11 is 0. The van der Waals surface area contributed by atoms with E-state index in [0.717, 1.165) is 11.3 Å². The third-order valence-corrected chi connectivity index (χ3v) is 4.96. The standard InChI is InChI=1S/C21H24N2O3/c1-26-19-8-6-16(7-9-19)20(24)17-10-12-23(13-11-17)21(25)18-4-2-15(14-22)3-5-18/h2-9,17H,10-14,22H2,1H3. The van der Waals surface area contributed by atoms with E-state index in [4.69, 9.17) is 10.5 Å². The zero-order valence-corrected chi connectivity index (χ0v) is 15.0. The summed E-state index contributed by atoms with van der Waals surface area (Å²) in [5.41, 5.74) is 7.97. The highest BCUT2D eigenvalue weighted by molar-refractivity contribution is 5.98. The minimum Gasteiger partial charge on any atom is -0.497 e. The molecule has 26 heavy (non-hydrogen) atoms. The molecule has 0 unspecified atom stereocenters. The Morgan fingerprint density at radius 1 is 1.00 bits per heavy atom. The van der Waals surface area contributed by atoms with Crippen LogP contribution >= 0.6 is 0 Å². The maximum absolute atomic E-state index is 12.7. The molecule has 2 N–H and O–H groups in total. The lowest BCUT2D eigenvalue weighted by molar-refractivity contribution is 0.0650. The fourth-order valence-corrected chi connectivity index (χ4v) is 3.30. The third kappa shape index (κ3) is 3.94. The number of amides is 1. The lowest BCUT2D eigenvalue weighted by atomic mass is 9.88. The Labute approximate surface area is 153 Å². The van der Waals surface area contributed by atoms with Crippen molar-refractivity contribution in [2.45, 2.75) is 19.4 Å². The number of ketones is 1. The zero-order chi connectivity index (χ0) is 18.5. The van der Waals surface area contributed by atoms with Crippen LogP contribution in [0, 0.1) is 5.92 Å². The van der Waals surface area contributed by atoms with Crippen LogP contribution in [0.3, 0.4) is 0 Å². The van der Waals surface area contributed by atoms with Gasteiger partial charge in [0.1, 0.15) is 5.75 Å². The Balaban J connectivity index is 1.59. The van der Waals surface area contributed by atoms with Gasteiger partial charge >= 0.3 is 0 Å². The predicted molar refractivity (Wildman–Crippen MR) is 100 cm³/mol. The van der Waals surface area contributed by atoms with Gasteiger partial charge in [-0.3, -0.25) is 9.59 Å². The highest BCUT2D eigenvalue weighted by Gasteiger charge is 2.28. The maximum Gasteiger partial charge on any atom is 0.253 e. The average molecular weight is 352 g/mol. The van der Waals surface area contributed by atoms with Crippen LogP contribution in [-0.4, -0.2) is 36.8 Å². The average Bonchev–Trinajstić information content (AvgIpc) is 2.73. The molecular weight excluding hydrogens is 328 g/mol. The molecule has 0 atom stereocenters. The molecule has 1 aliphatic rings. The third-order valence-electron chi connectivity index (χ3n) is 4.96. The van der Waals surface area contributed by atoms with Gasteiger partial charge in [0.05, 0.1) is 7.11 Å². The maximum atomic E-state index is 12.7. The van der Waals surface area contributed by atoms with Crippen molar-refractivity contribution in [3.05, 3.63) is 65.2 Å². The molecule has 1 amide bonds. The van der Waals surface area contributed by atoms with Gasteiger partial charge in [-0.2, -0.15) is 0 Å². The number of Topliss-reactive ketones (excluding diaryl/α,β-unsaturated/α-hetero) is 1. The first kappa shape index (κ1) is 18.1. The number of hydrogen-bond donors (Lipinski definition) is 1. The molecule has 0 saturated carbocycles. The molecule has 5 heteroatoms. The molecule has 1 heterocycles. The molecule has 136 valence electrons. The van der Waals surface area contributed by atoms with E-state index < -0.39 is 0 Å². The number of nitrogens with two attached hydrogens (primary N) is 1. The minimum atomic E-state index is -0.0351. The molecule has 5 nitrogen and oxygen atoms in total. The summed E-state index contributed by atoms with van der Waals surface area (Å²) in [6.07, 6.45) is 1.38. The van der Waals surface area contributed by atoms with Crippen molar-refractivity contribution in [2.24, 2.45) is 11.7 Å². The first-order chi connectivity index (χ1) is 12.6. The smallest absolute Gasteiger partial charge is 0.253 e. The number of methoxy groups -OCH3 is 1. The van der Waals surface area contributed by atoms with Crippen molar-refractivity contribution in [2.75, 3.05) is 20.2 Å². The Hall–Kier alpha value is -2.66. The second-order valence-electron chi connectivity index (χ2n) is 6.56. The molecule has 2 aromatic carbocycles. The summed E-state index contributed by atoms with van der Waals surface area (Å²) in [5.74, 6) is 0.866. The predicted octanol–water partition coefficient (Wildman–Crippen LogP) is 2.89. The molecule has 0 aliphatic carbocycles. The summed E-state index contributed by atoms with van der Waals surface area (Å²) in [6, 6.07) is 14.6. The molecule has 0 radical (unpaired) electrons. The topological polar surface area (TPSA) is 72.6 Å². The van der Waals surface area contributed by atoms with E-state index in [9.17, 15) is 9.59 Å². The second-order valence-corrected chi connectivity index (χ2v) is 6.56. The highest BCUT2D eigenvalue weighted by Crippen LogP contribution is 2.24. The Kier molecular flexibility index (Phi) is 5.68. The first-order valence-corrected chi connectivity index (χ1v) is 8.89. The molecule has 0 aromatic heterocycles. The number of likely N-dealkylation sites (tertiary alicyclic amines) is 1. The van der Waals surface area contributed by atoms with E-state index in [1.165, 1.54) is 0 Å². The van der Waals surface area contributed by atoms with Crippen LogP contribution in [0.5, 0.6) is 5.75 Å². The molecule has 1 fully saturated rings. The van der Waals surface area contributed by atoms with Gasteiger partial charge in [-0.05, 0) is 54.8 Å². The molecule has 3 rings (SSSR count). The lowest BCUT2D eigenvalue weighted by Gasteiger charge is -2.31.